The molecule has 0 spiro atoms. The highest BCUT2D eigenvalue weighted by Gasteiger charge is 2.21. The molecule has 0 amide bonds. The Morgan fingerprint density at radius 2 is 2.57 bits per heavy atom. The van der Waals surface area contributed by atoms with Gasteiger partial charge in [-0.2, -0.15) is 5.26 Å². The van der Waals surface area contributed by atoms with Crippen LogP contribution in [0.15, 0.2) is 23.8 Å². The van der Waals surface area contributed by atoms with Gasteiger partial charge in [-0.05, 0) is 13.3 Å². The monoisotopic (exact) mass is 192 g/mol. The maximum atomic E-state index is 11.3. The lowest BCUT2D eigenvalue weighted by Crippen LogP contribution is -2.40. The van der Waals surface area contributed by atoms with Crippen molar-refractivity contribution in [1.29, 1.82) is 5.26 Å². The number of carbonyl (C=O) groups excluding carboxylic acids is 1. The quantitative estimate of drug-likeness (QED) is 0.666. The molecule has 4 heteroatoms. The van der Waals surface area contributed by atoms with Gasteiger partial charge in [0, 0.05) is 5.57 Å². The molecule has 4 nitrogen and oxygen atoms in total. The second-order valence-electron chi connectivity index (χ2n) is 3.43. The zero-order valence-electron chi connectivity index (χ0n) is 7.99. The summed E-state index contributed by atoms with van der Waals surface area (Å²) in [6.45, 7) is 1.43. The molecule has 0 aliphatic heterocycles. The Morgan fingerprint density at radius 3 is 3.07 bits per heavy atom. The van der Waals surface area contributed by atoms with E-state index in [0.717, 1.165) is 0 Å². The minimum Gasteiger partial charge on any atom is -0.459 e. The van der Waals surface area contributed by atoms with Crippen LogP contribution in [0, 0.1) is 11.3 Å². The van der Waals surface area contributed by atoms with E-state index < -0.39 is 11.5 Å². The smallest absolute Gasteiger partial charge is 0.334 e. The van der Waals surface area contributed by atoms with Crippen LogP contribution >= 0.6 is 0 Å². The lowest BCUT2D eigenvalue weighted by Gasteiger charge is -2.15. The Morgan fingerprint density at radius 1 is 1.86 bits per heavy atom. The predicted molar refractivity (Wildman–Crippen MR) is 51.0 cm³/mol. The molecule has 1 aliphatic rings. The van der Waals surface area contributed by atoms with Gasteiger partial charge in [0.2, 0.25) is 0 Å². The van der Waals surface area contributed by atoms with Crippen LogP contribution in [0.5, 0.6) is 0 Å². The maximum absolute atomic E-state index is 11.3. The van der Waals surface area contributed by atoms with Crippen molar-refractivity contribution in [2.75, 3.05) is 6.61 Å². The number of nitriles is 1. The van der Waals surface area contributed by atoms with Crippen LogP contribution in [0.1, 0.15) is 13.3 Å². The van der Waals surface area contributed by atoms with Gasteiger partial charge < -0.3 is 10.5 Å². The third-order valence-electron chi connectivity index (χ3n) is 1.79. The van der Waals surface area contributed by atoms with Gasteiger partial charge in [-0.3, -0.25) is 0 Å². The van der Waals surface area contributed by atoms with Crippen LogP contribution in [0.25, 0.3) is 0 Å². The number of hydrogen-bond donors (Lipinski definition) is 1. The molecular formula is C10H12N2O2. The number of rotatable bonds is 3. The third kappa shape index (κ3) is 2.71. The molecule has 0 fully saturated rings. The van der Waals surface area contributed by atoms with Crippen LogP contribution in [-0.4, -0.2) is 18.1 Å². The number of carbonyl (C=O) groups is 1. The molecule has 14 heavy (non-hydrogen) atoms. The van der Waals surface area contributed by atoms with Gasteiger partial charge >= 0.3 is 5.97 Å². The Hall–Kier alpha value is -1.60. The van der Waals surface area contributed by atoms with Crippen molar-refractivity contribution in [2.45, 2.75) is 18.9 Å². The molecular weight excluding hydrogens is 180 g/mol. The predicted octanol–water partition coefficient (Wildman–Crippen LogP) is 0.657. The van der Waals surface area contributed by atoms with Gasteiger partial charge in [-0.1, -0.05) is 18.2 Å². The highest BCUT2D eigenvalue weighted by molar-refractivity contribution is 5.89. The number of nitrogens with zero attached hydrogens (tertiary/aromatic N) is 1. The van der Waals surface area contributed by atoms with Crippen LogP contribution in [0.3, 0.4) is 0 Å². The summed E-state index contributed by atoms with van der Waals surface area (Å²) in [6.07, 6.45) is 5.94. The van der Waals surface area contributed by atoms with E-state index in [1.807, 2.05) is 12.1 Å². The minimum absolute atomic E-state index is 0.0837. The Kier molecular flexibility index (Phi) is 3.05. The van der Waals surface area contributed by atoms with E-state index in [2.05, 4.69) is 0 Å². The van der Waals surface area contributed by atoms with Crippen molar-refractivity contribution in [1.82, 2.24) is 0 Å². The zero-order chi connectivity index (χ0) is 10.6. The fraction of sp³-hybridized carbons (Fsp3) is 0.400. The van der Waals surface area contributed by atoms with E-state index in [0.29, 0.717) is 12.0 Å². The second kappa shape index (κ2) is 4.07. The van der Waals surface area contributed by atoms with Crippen LogP contribution in [0.4, 0.5) is 0 Å². The highest BCUT2D eigenvalue weighted by atomic mass is 16.5. The number of hydrogen-bond acceptors (Lipinski definition) is 4. The topological polar surface area (TPSA) is 76.1 Å². The first-order valence-electron chi connectivity index (χ1n) is 4.28. The van der Waals surface area contributed by atoms with E-state index in [1.54, 1.807) is 12.2 Å². The summed E-state index contributed by atoms with van der Waals surface area (Å²) in [6, 6.07) is 1.85. The standard InChI is InChI=1S/C10H12N2O2/c1-10(12,6-11)7-14-9(13)8-4-2-3-5-8/h2-4H,5,7,12H2,1H3. The summed E-state index contributed by atoms with van der Waals surface area (Å²) in [4.78, 5) is 11.3. The molecule has 2 N–H and O–H groups in total. The van der Waals surface area contributed by atoms with Crippen LogP contribution in [-0.2, 0) is 9.53 Å². The number of allylic oxidation sites excluding steroid dienone is 3. The van der Waals surface area contributed by atoms with Crippen molar-refractivity contribution >= 4 is 5.97 Å². The molecule has 1 aliphatic carbocycles. The molecule has 0 saturated heterocycles. The van der Waals surface area contributed by atoms with E-state index >= 15 is 0 Å². The Labute approximate surface area is 82.6 Å². The summed E-state index contributed by atoms with van der Waals surface area (Å²) < 4.78 is 4.89. The van der Waals surface area contributed by atoms with Crippen molar-refractivity contribution < 1.29 is 9.53 Å². The molecule has 1 atom stereocenters. The number of ether oxygens (including phenoxy) is 1. The van der Waals surface area contributed by atoms with Crippen molar-refractivity contribution in [3.8, 4) is 6.07 Å². The first-order chi connectivity index (χ1) is 6.55. The first-order valence-corrected chi connectivity index (χ1v) is 4.28. The zero-order valence-corrected chi connectivity index (χ0v) is 7.99. The molecule has 0 bridgehead atoms. The Balaban J connectivity index is 2.40. The largest absolute Gasteiger partial charge is 0.459 e. The van der Waals surface area contributed by atoms with Gasteiger partial charge in [0.05, 0.1) is 6.07 Å². The molecule has 0 radical (unpaired) electrons. The molecule has 0 saturated carbocycles. The highest BCUT2D eigenvalue weighted by Crippen LogP contribution is 2.12. The molecule has 1 rings (SSSR count). The molecule has 0 aromatic rings. The van der Waals surface area contributed by atoms with Crippen molar-refractivity contribution in [2.24, 2.45) is 5.73 Å². The molecule has 0 aromatic heterocycles. The van der Waals surface area contributed by atoms with Gasteiger partial charge in [0.1, 0.15) is 12.1 Å². The van der Waals surface area contributed by atoms with Gasteiger partial charge in [0.25, 0.3) is 0 Å². The summed E-state index contributed by atoms with van der Waals surface area (Å²) in [5.41, 5.74) is 4.98. The SMILES string of the molecule is CC(N)(C#N)COC(=O)C1=CC=CC1. The summed E-state index contributed by atoms with van der Waals surface area (Å²) in [7, 11) is 0. The van der Waals surface area contributed by atoms with E-state index in [4.69, 9.17) is 15.7 Å². The van der Waals surface area contributed by atoms with Gasteiger partial charge in [-0.15, -0.1) is 0 Å². The molecule has 0 aromatic carbocycles. The number of nitrogens with two attached hydrogens (primary N) is 1. The van der Waals surface area contributed by atoms with E-state index in [9.17, 15) is 4.79 Å². The Bertz CT molecular complexity index is 335. The summed E-state index contributed by atoms with van der Waals surface area (Å²) in [5.74, 6) is -0.401. The third-order valence-corrected chi connectivity index (χ3v) is 1.79. The average Bonchev–Trinajstić information content (AvgIpc) is 2.67. The fourth-order valence-corrected chi connectivity index (χ4v) is 0.939. The fourth-order valence-electron chi connectivity index (χ4n) is 0.939. The first kappa shape index (κ1) is 10.5. The molecule has 0 heterocycles. The number of esters is 1. The summed E-state index contributed by atoms with van der Waals surface area (Å²) in [5, 5.41) is 8.58. The van der Waals surface area contributed by atoms with E-state index in [1.165, 1.54) is 6.92 Å². The van der Waals surface area contributed by atoms with Crippen molar-refractivity contribution in [3.05, 3.63) is 23.8 Å². The lowest BCUT2D eigenvalue weighted by molar-refractivity contribution is -0.140. The summed E-state index contributed by atoms with van der Waals surface area (Å²) >= 11 is 0. The molecule has 74 valence electrons. The lowest BCUT2D eigenvalue weighted by atomic mass is 10.1. The van der Waals surface area contributed by atoms with E-state index in [-0.39, 0.29) is 6.61 Å². The van der Waals surface area contributed by atoms with Gasteiger partial charge in [0.15, 0.2) is 0 Å². The van der Waals surface area contributed by atoms with Crippen LogP contribution in [0.2, 0.25) is 0 Å². The molecule has 1 unspecified atom stereocenters. The second-order valence-corrected chi connectivity index (χ2v) is 3.43. The minimum atomic E-state index is -1.11. The van der Waals surface area contributed by atoms with Crippen molar-refractivity contribution in [3.63, 3.8) is 0 Å². The average molecular weight is 192 g/mol. The van der Waals surface area contributed by atoms with Gasteiger partial charge in [-0.25, -0.2) is 4.79 Å². The van der Waals surface area contributed by atoms with Crippen LogP contribution < -0.4 is 5.73 Å². The normalized spacial score (nSPS) is 18.2. The maximum Gasteiger partial charge on any atom is 0.334 e.